The third-order valence-electron chi connectivity index (χ3n) is 3.97. The molecule has 0 aliphatic carbocycles. The molecule has 0 amide bonds. The van der Waals surface area contributed by atoms with Gasteiger partial charge < -0.3 is 14.7 Å². The van der Waals surface area contributed by atoms with Crippen LogP contribution in [0.25, 0.3) is 22.4 Å². The van der Waals surface area contributed by atoms with E-state index in [0.29, 0.717) is 22.3 Å². The summed E-state index contributed by atoms with van der Waals surface area (Å²) in [7, 11) is 0. The van der Waals surface area contributed by atoms with Gasteiger partial charge in [0.05, 0.1) is 28.8 Å². The Labute approximate surface area is 148 Å². The lowest BCUT2D eigenvalue weighted by molar-refractivity contribution is 0.568. The predicted octanol–water partition coefficient (Wildman–Crippen LogP) is 5.23. The van der Waals surface area contributed by atoms with Gasteiger partial charge in [-0.05, 0) is 24.3 Å². The second-order valence-electron chi connectivity index (χ2n) is 5.45. The first-order valence-electron chi connectivity index (χ1n) is 7.35. The number of para-hydroxylation sites is 2. The number of rotatable bonds is 3. The van der Waals surface area contributed by atoms with Crippen LogP contribution < -0.4 is 5.73 Å². The Morgan fingerprint density at radius 3 is 2.46 bits per heavy atom. The number of nitrogens with two attached hydrogens (primary N) is 1. The van der Waals surface area contributed by atoms with Gasteiger partial charge in [0.1, 0.15) is 18.4 Å². The third kappa shape index (κ3) is 2.44. The first-order chi connectivity index (χ1) is 11.6. The Kier molecular flexibility index (Phi) is 3.71. The predicted molar refractivity (Wildman–Crippen MR) is 97.4 cm³/mol. The van der Waals surface area contributed by atoms with Crippen LogP contribution in [-0.4, -0.2) is 9.55 Å². The summed E-state index contributed by atoms with van der Waals surface area (Å²) >= 11 is 12.7. The molecule has 2 aromatic heterocycles. The average Bonchev–Trinajstić information content (AvgIpc) is 3.14. The number of aromatic nitrogens is 2. The molecule has 0 aliphatic heterocycles. The van der Waals surface area contributed by atoms with Gasteiger partial charge in [0.25, 0.3) is 0 Å². The van der Waals surface area contributed by atoms with Gasteiger partial charge in [-0.15, -0.1) is 0 Å². The molecule has 24 heavy (non-hydrogen) atoms. The summed E-state index contributed by atoms with van der Waals surface area (Å²) in [6.07, 6.45) is 3.10. The van der Waals surface area contributed by atoms with Crippen molar-refractivity contribution in [3.63, 3.8) is 0 Å². The number of halogens is 2. The zero-order chi connectivity index (χ0) is 16.7. The van der Waals surface area contributed by atoms with Crippen molar-refractivity contribution in [2.75, 3.05) is 5.73 Å². The van der Waals surface area contributed by atoms with Gasteiger partial charge in [0.2, 0.25) is 0 Å². The molecule has 0 bridgehead atoms. The maximum atomic E-state index is 6.34. The molecule has 2 N–H and O–H groups in total. The highest BCUT2D eigenvalue weighted by atomic mass is 35.5. The molecule has 0 fully saturated rings. The highest BCUT2D eigenvalue weighted by Gasteiger charge is 2.18. The fraction of sp³-hybridized carbons (Fsp3) is 0.0556. The second kappa shape index (κ2) is 5.89. The summed E-state index contributed by atoms with van der Waals surface area (Å²) in [5, 5.41) is 1.23. The topological polar surface area (TPSA) is 57.0 Å². The molecule has 0 saturated carbocycles. The average molecular weight is 358 g/mol. The number of fused-ring (bicyclic) bond motifs is 1. The van der Waals surface area contributed by atoms with E-state index in [1.54, 1.807) is 6.26 Å². The van der Waals surface area contributed by atoms with Crippen molar-refractivity contribution in [2.45, 2.75) is 6.54 Å². The van der Waals surface area contributed by atoms with Crippen molar-refractivity contribution in [3.05, 3.63) is 70.6 Å². The van der Waals surface area contributed by atoms with Crippen LogP contribution in [0.2, 0.25) is 10.0 Å². The molecule has 6 heteroatoms. The van der Waals surface area contributed by atoms with Gasteiger partial charge in [0, 0.05) is 15.6 Å². The van der Waals surface area contributed by atoms with Crippen LogP contribution in [0.1, 0.15) is 5.56 Å². The van der Waals surface area contributed by atoms with Gasteiger partial charge in [-0.2, -0.15) is 0 Å². The van der Waals surface area contributed by atoms with E-state index >= 15 is 0 Å². The Morgan fingerprint density at radius 1 is 1.00 bits per heavy atom. The number of anilines is 1. The first kappa shape index (κ1) is 15.1. The van der Waals surface area contributed by atoms with E-state index in [-0.39, 0.29) is 0 Å². The molecule has 0 spiro atoms. The fourth-order valence-electron chi connectivity index (χ4n) is 2.77. The Bertz CT molecular complexity index is 1020. The normalized spacial score (nSPS) is 11.2. The fourth-order valence-corrected chi connectivity index (χ4v) is 3.29. The summed E-state index contributed by atoms with van der Waals surface area (Å²) in [5.41, 5.74) is 9.99. The van der Waals surface area contributed by atoms with E-state index < -0.39 is 0 Å². The molecule has 0 radical (unpaired) electrons. The number of hydrogen-bond acceptors (Lipinski definition) is 3. The zero-order valence-corrected chi connectivity index (χ0v) is 14.1. The minimum absolute atomic E-state index is 0.485. The van der Waals surface area contributed by atoms with Gasteiger partial charge >= 0.3 is 0 Å². The SMILES string of the molecule is Nc1cocc1-c1nc2ccccc2n1Cc1c(Cl)cccc1Cl. The summed E-state index contributed by atoms with van der Waals surface area (Å²) in [5.74, 6) is 0.721. The lowest BCUT2D eigenvalue weighted by Gasteiger charge is -2.12. The van der Waals surface area contributed by atoms with E-state index in [0.717, 1.165) is 28.0 Å². The van der Waals surface area contributed by atoms with Crippen molar-refractivity contribution in [1.82, 2.24) is 9.55 Å². The minimum atomic E-state index is 0.485. The molecule has 4 rings (SSSR count). The van der Waals surface area contributed by atoms with Crippen molar-refractivity contribution in [3.8, 4) is 11.4 Å². The van der Waals surface area contributed by atoms with Crippen molar-refractivity contribution in [2.24, 2.45) is 0 Å². The molecular weight excluding hydrogens is 345 g/mol. The minimum Gasteiger partial charge on any atom is -0.470 e. The van der Waals surface area contributed by atoms with Gasteiger partial charge in [-0.1, -0.05) is 41.4 Å². The lowest BCUT2D eigenvalue weighted by Crippen LogP contribution is -2.04. The van der Waals surface area contributed by atoms with Crippen molar-refractivity contribution < 1.29 is 4.42 Å². The van der Waals surface area contributed by atoms with E-state index in [1.807, 2.05) is 47.0 Å². The highest BCUT2D eigenvalue weighted by Crippen LogP contribution is 2.32. The van der Waals surface area contributed by atoms with Gasteiger partial charge in [-0.25, -0.2) is 4.98 Å². The Morgan fingerprint density at radius 2 is 1.75 bits per heavy atom. The van der Waals surface area contributed by atoms with Crippen LogP contribution in [-0.2, 0) is 6.54 Å². The molecule has 4 nitrogen and oxygen atoms in total. The van der Waals surface area contributed by atoms with Gasteiger partial charge in [0.15, 0.2) is 0 Å². The number of nitrogens with zero attached hydrogens (tertiary/aromatic N) is 2. The van der Waals surface area contributed by atoms with E-state index in [9.17, 15) is 0 Å². The molecule has 2 heterocycles. The standard InChI is InChI=1S/C18H13Cl2N3O/c19-13-4-3-5-14(20)11(13)8-23-17-7-2-1-6-16(17)22-18(23)12-9-24-10-15(12)21/h1-7,9-10H,8,21H2. The third-order valence-corrected chi connectivity index (χ3v) is 4.67. The Hall–Kier alpha value is -2.43. The largest absolute Gasteiger partial charge is 0.470 e. The highest BCUT2D eigenvalue weighted by molar-refractivity contribution is 6.36. The molecule has 0 aliphatic rings. The number of benzene rings is 2. The zero-order valence-electron chi connectivity index (χ0n) is 12.5. The van der Waals surface area contributed by atoms with E-state index in [2.05, 4.69) is 0 Å². The lowest BCUT2D eigenvalue weighted by atomic mass is 10.2. The summed E-state index contributed by atoms with van der Waals surface area (Å²) in [6.45, 7) is 0.485. The molecule has 4 aromatic rings. The quantitative estimate of drug-likeness (QED) is 0.545. The Balaban J connectivity index is 1.95. The monoisotopic (exact) mass is 357 g/mol. The van der Waals surface area contributed by atoms with Gasteiger partial charge in [-0.3, -0.25) is 0 Å². The first-order valence-corrected chi connectivity index (χ1v) is 8.11. The molecule has 0 unspecified atom stereocenters. The molecule has 2 aromatic carbocycles. The van der Waals surface area contributed by atoms with Crippen LogP contribution in [0, 0.1) is 0 Å². The van der Waals surface area contributed by atoms with E-state index in [1.165, 1.54) is 6.26 Å². The second-order valence-corrected chi connectivity index (χ2v) is 6.27. The number of imidazole rings is 1. The summed E-state index contributed by atoms with van der Waals surface area (Å²) in [6, 6.07) is 13.4. The van der Waals surface area contributed by atoms with Crippen LogP contribution in [0.15, 0.2) is 59.4 Å². The smallest absolute Gasteiger partial charge is 0.146 e. The van der Waals surface area contributed by atoms with Crippen molar-refractivity contribution in [1.29, 1.82) is 0 Å². The van der Waals surface area contributed by atoms with Crippen LogP contribution in [0.5, 0.6) is 0 Å². The number of hydrogen-bond donors (Lipinski definition) is 1. The van der Waals surface area contributed by atoms with Crippen molar-refractivity contribution >= 4 is 39.9 Å². The van der Waals surface area contributed by atoms with Crippen LogP contribution in [0.3, 0.4) is 0 Å². The van der Waals surface area contributed by atoms with Crippen LogP contribution >= 0.6 is 23.2 Å². The maximum Gasteiger partial charge on any atom is 0.146 e. The van der Waals surface area contributed by atoms with Crippen LogP contribution in [0.4, 0.5) is 5.69 Å². The molecule has 120 valence electrons. The molecule has 0 saturated heterocycles. The maximum absolute atomic E-state index is 6.34. The summed E-state index contributed by atoms with van der Waals surface area (Å²) < 4.78 is 7.26. The van der Waals surface area contributed by atoms with E-state index in [4.69, 9.17) is 38.3 Å². The molecular formula is C18H13Cl2N3O. The number of furan rings is 1. The molecule has 0 atom stereocenters. The summed E-state index contributed by atoms with van der Waals surface area (Å²) in [4.78, 5) is 4.71. The number of nitrogen functional groups attached to an aromatic ring is 1.